The fourth-order valence-corrected chi connectivity index (χ4v) is 3.22. The quantitative estimate of drug-likeness (QED) is 0.763. The van der Waals surface area contributed by atoms with Crippen LogP contribution in [-0.4, -0.2) is 21.0 Å². The number of aromatic nitrogens is 3. The maximum atomic E-state index is 12.4. The third-order valence-electron chi connectivity index (χ3n) is 3.55. The Morgan fingerprint density at radius 3 is 2.83 bits per heavy atom. The average Bonchev–Trinajstić information content (AvgIpc) is 3.10. The van der Waals surface area contributed by atoms with Crippen LogP contribution in [0, 0.1) is 12.8 Å². The van der Waals surface area contributed by atoms with Crippen molar-refractivity contribution in [1.82, 2.24) is 20.4 Å². The zero-order valence-corrected chi connectivity index (χ0v) is 15.0. The summed E-state index contributed by atoms with van der Waals surface area (Å²) in [6, 6.07) is 5.19. The number of nitrogens with one attached hydrogen (secondary N) is 1. The van der Waals surface area contributed by atoms with Crippen LogP contribution in [0.25, 0.3) is 10.2 Å². The summed E-state index contributed by atoms with van der Waals surface area (Å²) in [5.74, 6) is 1.36. The second-order valence-corrected chi connectivity index (χ2v) is 7.49. The number of carbonyl (C=O) groups excluding carboxylic acids is 1. The first kappa shape index (κ1) is 16.6. The van der Waals surface area contributed by atoms with Gasteiger partial charge < -0.3 is 9.84 Å². The van der Waals surface area contributed by atoms with Crippen molar-refractivity contribution in [2.24, 2.45) is 5.92 Å². The molecule has 0 aliphatic carbocycles. The third kappa shape index (κ3) is 3.62. The van der Waals surface area contributed by atoms with Gasteiger partial charge in [-0.1, -0.05) is 19.0 Å². The highest BCUT2D eigenvalue weighted by Gasteiger charge is 2.18. The summed E-state index contributed by atoms with van der Waals surface area (Å²) in [5.41, 5.74) is 1.41. The number of rotatable bonds is 5. The Balaban J connectivity index is 1.71. The molecule has 1 unspecified atom stereocenters. The van der Waals surface area contributed by atoms with Crippen LogP contribution in [0.3, 0.4) is 0 Å². The first-order chi connectivity index (χ1) is 11.4. The van der Waals surface area contributed by atoms with E-state index < -0.39 is 0 Å². The fraction of sp³-hybridized carbons (Fsp3) is 0.412. The van der Waals surface area contributed by atoms with E-state index in [-0.39, 0.29) is 11.9 Å². The van der Waals surface area contributed by atoms with Crippen LogP contribution in [0.1, 0.15) is 53.9 Å². The van der Waals surface area contributed by atoms with E-state index in [2.05, 4.69) is 34.3 Å². The molecule has 0 saturated carbocycles. The molecule has 0 spiro atoms. The lowest BCUT2D eigenvalue weighted by molar-refractivity contribution is 0.0932. The van der Waals surface area contributed by atoms with E-state index in [1.165, 1.54) is 0 Å². The predicted molar refractivity (Wildman–Crippen MR) is 93.1 cm³/mol. The van der Waals surface area contributed by atoms with Crippen molar-refractivity contribution in [2.75, 3.05) is 0 Å². The predicted octanol–water partition coefficient (Wildman–Crippen LogP) is 3.68. The van der Waals surface area contributed by atoms with E-state index in [1.807, 2.05) is 19.9 Å². The molecule has 0 bridgehead atoms. The summed E-state index contributed by atoms with van der Waals surface area (Å²) in [5, 5.41) is 7.83. The maximum Gasteiger partial charge on any atom is 0.251 e. The van der Waals surface area contributed by atoms with Crippen LogP contribution in [0.4, 0.5) is 0 Å². The van der Waals surface area contributed by atoms with Crippen molar-refractivity contribution in [3.63, 3.8) is 0 Å². The molecular formula is C17H20N4O2S. The summed E-state index contributed by atoms with van der Waals surface area (Å²) in [4.78, 5) is 21.2. The van der Waals surface area contributed by atoms with Gasteiger partial charge in [0, 0.05) is 12.0 Å². The smallest absolute Gasteiger partial charge is 0.251 e. The van der Waals surface area contributed by atoms with E-state index in [4.69, 9.17) is 4.52 Å². The zero-order chi connectivity index (χ0) is 17.3. The van der Waals surface area contributed by atoms with Crippen LogP contribution in [0.2, 0.25) is 0 Å². The number of nitrogens with zero attached hydrogens (tertiary/aromatic N) is 3. The minimum absolute atomic E-state index is 0.182. The highest BCUT2D eigenvalue weighted by molar-refractivity contribution is 7.18. The second-order valence-electron chi connectivity index (χ2n) is 6.26. The van der Waals surface area contributed by atoms with Gasteiger partial charge in [-0.05, 0) is 38.0 Å². The molecule has 2 aromatic heterocycles. The molecule has 3 rings (SSSR count). The van der Waals surface area contributed by atoms with Crippen LogP contribution in [0.5, 0.6) is 0 Å². The first-order valence-electron chi connectivity index (χ1n) is 7.93. The third-order valence-corrected chi connectivity index (χ3v) is 4.50. The van der Waals surface area contributed by atoms with Crippen molar-refractivity contribution in [3.05, 3.63) is 40.5 Å². The molecule has 0 fully saturated rings. The number of benzene rings is 1. The number of thiazole rings is 1. The summed E-state index contributed by atoms with van der Waals surface area (Å²) in [7, 11) is 0. The van der Waals surface area contributed by atoms with E-state index in [0.29, 0.717) is 23.2 Å². The normalized spacial score (nSPS) is 12.7. The van der Waals surface area contributed by atoms with Gasteiger partial charge in [0.1, 0.15) is 6.04 Å². The molecule has 0 saturated heterocycles. The van der Waals surface area contributed by atoms with Crippen molar-refractivity contribution < 1.29 is 9.32 Å². The minimum atomic E-state index is -0.348. The Morgan fingerprint density at radius 2 is 2.08 bits per heavy atom. The van der Waals surface area contributed by atoms with Gasteiger partial charge >= 0.3 is 0 Å². The van der Waals surface area contributed by atoms with Gasteiger partial charge in [-0.15, -0.1) is 11.3 Å². The topological polar surface area (TPSA) is 80.9 Å². The van der Waals surface area contributed by atoms with Gasteiger partial charge in [-0.3, -0.25) is 4.79 Å². The van der Waals surface area contributed by atoms with Crippen molar-refractivity contribution in [3.8, 4) is 0 Å². The molecule has 6 nitrogen and oxygen atoms in total. The summed E-state index contributed by atoms with van der Waals surface area (Å²) < 4.78 is 6.33. The van der Waals surface area contributed by atoms with E-state index in [9.17, 15) is 4.79 Å². The largest absolute Gasteiger partial charge is 0.341 e. The van der Waals surface area contributed by atoms with Crippen LogP contribution in [-0.2, 0) is 6.42 Å². The second kappa shape index (κ2) is 6.68. The van der Waals surface area contributed by atoms with Crippen LogP contribution in [0.15, 0.2) is 22.7 Å². The standard InChI is InChI=1S/C17H20N4O2S/c1-9(2)7-15-20-17(23-21-15)10(3)18-16(22)12-5-6-14-13(8-12)19-11(4)24-14/h5-6,8-10H,7H2,1-4H3,(H,18,22). The fourth-order valence-electron chi connectivity index (χ4n) is 2.42. The molecule has 0 aliphatic rings. The van der Waals surface area contributed by atoms with Gasteiger partial charge in [0.15, 0.2) is 5.82 Å². The maximum absolute atomic E-state index is 12.4. The molecular weight excluding hydrogens is 324 g/mol. The lowest BCUT2D eigenvalue weighted by atomic mass is 10.1. The molecule has 24 heavy (non-hydrogen) atoms. The molecule has 1 N–H and O–H groups in total. The van der Waals surface area contributed by atoms with Crippen molar-refractivity contribution in [2.45, 2.75) is 40.2 Å². The van der Waals surface area contributed by atoms with Crippen molar-refractivity contribution in [1.29, 1.82) is 0 Å². The Kier molecular flexibility index (Phi) is 4.62. The lowest BCUT2D eigenvalue weighted by Gasteiger charge is -2.09. The van der Waals surface area contributed by atoms with Gasteiger partial charge in [0.25, 0.3) is 5.91 Å². The Hall–Kier alpha value is -2.28. The minimum Gasteiger partial charge on any atom is -0.341 e. The van der Waals surface area contributed by atoms with Gasteiger partial charge in [-0.25, -0.2) is 4.98 Å². The molecule has 1 amide bonds. The van der Waals surface area contributed by atoms with E-state index >= 15 is 0 Å². The Bertz CT molecular complexity index is 868. The zero-order valence-electron chi connectivity index (χ0n) is 14.2. The molecule has 0 radical (unpaired) electrons. The molecule has 1 atom stereocenters. The van der Waals surface area contributed by atoms with E-state index in [0.717, 1.165) is 21.6 Å². The molecule has 0 aliphatic heterocycles. The number of carbonyl (C=O) groups is 1. The van der Waals surface area contributed by atoms with Crippen molar-refractivity contribution >= 4 is 27.5 Å². The highest BCUT2D eigenvalue weighted by Crippen LogP contribution is 2.22. The van der Waals surface area contributed by atoms with E-state index in [1.54, 1.807) is 23.5 Å². The van der Waals surface area contributed by atoms with Gasteiger partial charge in [0.2, 0.25) is 5.89 Å². The Morgan fingerprint density at radius 1 is 1.29 bits per heavy atom. The summed E-state index contributed by atoms with van der Waals surface area (Å²) in [6.45, 7) is 7.97. The number of hydrogen-bond acceptors (Lipinski definition) is 6. The number of amides is 1. The molecule has 3 aromatic rings. The molecule has 1 aromatic carbocycles. The highest BCUT2D eigenvalue weighted by atomic mass is 32.1. The summed E-state index contributed by atoms with van der Waals surface area (Å²) >= 11 is 1.61. The Labute approximate surface area is 144 Å². The SMILES string of the molecule is Cc1nc2cc(C(=O)NC(C)c3nc(CC(C)C)no3)ccc2s1. The molecule has 126 valence electrons. The molecule has 7 heteroatoms. The monoisotopic (exact) mass is 344 g/mol. The number of hydrogen-bond donors (Lipinski definition) is 1. The van der Waals surface area contributed by atoms with Crippen LogP contribution < -0.4 is 5.32 Å². The number of fused-ring (bicyclic) bond motifs is 1. The molecule has 2 heterocycles. The average molecular weight is 344 g/mol. The first-order valence-corrected chi connectivity index (χ1v) is 8.74. The van der Waals surface area contributed by atoms with Crippen LogP contribution >= 0.6 is 11.3 Å². The lowest BCUT2D eigenvalue weighted by Crippen LogP contribution is -2.26. The van der Waals surface area contributed by atoms with Gasteiger partial charge in [0.05, 0.1) is 15.2 Å². The summed E-state index contributed by atoms with van der Waals surface area (Å²) in [6.07, 6.45) is 0.754. The number of aryl methyl sites for hydroxylation is 1. The van der Waals surface area contributed by atoms with Gasteiger partial charge in [-0.2, -0.15) is 4.98 Å².